The Morgan fingerprint density at radius 1 is 1.52 bits per heavy atom. The summed E-state index contributed by atoms with van der Waals surface area (Å²) in [5.41, 5.74) is 1.56. The fraction of sp³-hybridized carbons (Fsp3) is 0.231. The molecule has 0 bridgehead atoms. The van der Waals surface area contributed by atoms with E-state index in [2.05, 4.69) is 21.0 Å². The second kappa shape index (κ2) is 6.04. The molecule has 0 aliphatic carbocycles. The van der Waals surface area contributed by atoms with Gasteiger partial charge in [0.1, 0.15) is 12.9 Å². The zero-order valence-corrected chi connectivity index (χ0v) is 13.0. The van der Waals surface area contributed by atoms with E-state index < -0.39 is 4.92 Å². The van der Waals surface area contributed by atoms with Crippen molar-refractivity contribution >= 4 is 27.9 Å². The normalized spacial score (nSPS) is 10.4. The van der Waals surface area contributed by atoms with Crippen molar-refractivity contribution in [3.05, 3.63) is 49.7 Å². The van der Waals surface area contributed by atoms with Crippen LogP contribution in [-0.4, -0.2) is 21.0 Å². The third-order valence-corrected chi connectivity index (χ3v) is 3.97. The van der Waals surface area contributed by atoms with Gasteiger partial charge in [0.15, 0.2) is 5.75 Å². The summed E-state index contributed by atoms with van der Waals surface area (Å²) in [5.74, 6) is 0.108. The van der Waals surface area contributed by atoms with Crippen molar-refractivity contribution in [2.75, 3.05) is 0 Å². The summed E-state index contributed by atoms with van der Waals surface area (Å²) < 4.78 is 7.96. The molecule has 0 atom stereocenters. The molecule has 1 aromatic heterocycles. The Bertz CT molecular complexity index is 712. The number of aryl methyl sites for hydroxylation is 2. The molecule has 0 fully saturated rings. The fourth-order valence-electron chi connectivity index (χ4n) is 1.86. The Morgan fingerprint density at radius 3 is 2.76 bits per heavy atom. The number of ether oxygens (including phenoxy) is 1. The number of nitro groups is 1. The van der Waals surface area contributed by atoms with Crippen LogP contribution < -0.4 is 4.74 Å². The van der Waals surface area contributed by atoms with Crippen LogP contribution in [-0.2, 0) is 13.7 Å². The van der Waals surface area contributed by atoms with E-state index in [1.807, 2.05) is 6.92 Å². The van der Waals surface area contributed by atoms with Gasteiger partial charge >= 0.3 is 5.69 Å². The van der Waals surface area contributed by atoms with Crippen LogP contribution in [0.5, 0.6) is 5.75 Å². The fourth-order valence-corrected chi connectivity index (χ4v) is 2.31. The molecule has 0 saturated heterocycles. The third-order valence-electron chi connectivity index (χ3n) is 2.94. The molecule has 110 valence electrons. The minimum absolute atomic E-state index is 0.108. The topological polar surface area (TPSA) is 87.3 Å². The van der Waals surface area contributed by atoms with Crippen LogP contribution in [0.1, 0.15) is 21.7 Å². The zero-order chi connectivity index (χ0) is 15.6. The smallest absolute Gasteiger partial charge is 0.311 e. The number of rotatable bonds is 5. The summed E-state index contributed by atoms with van der Waals surface area (Å²) in [6, 6.07) is 4.07. The minimum Gasteiger partial charge on any atom is -0.480 e. The van der Waals surface area contributed by atoms with Crippen LogP contribution in [0.3, 0.4) is 0 Å². The monoisotopic (exact) mass is 353 g/mol. The van der Waals surface area contributed by atoms with E-state index >= 15 is 0 Å². The highest BCUT2D eigenvalue weighted by atomic mass is 79.9. The van der Waals surface area contributed by atoms with Gasteiger partial charge in [-0.3, -0.25) is 19.6 Å². The number of carbonyl (C=O) groups excluding carboxylic acids is 1. The number of aldehydes is 1. The lowest BCUT2D eigenvalue weighted by Gasteiger charge is -2.08. The highest BCUT2D eigenvalue weighted by Crippen LogP contribution is 2.29. The number of benzene rings is 1. The number of aromatic nitrogens is 2. The summed E-state index contributed by atoms with van der Waals surface area (Å²) in [7, 11) is 1.76. The van der Waals surface area contributed by atoms with Crippen molar-refractivity contribution in [3.63, 3.8) is 0 Å². The summed E-state index contributed by atoms with van der Waals surface area (Å²) >= 11 is 3.40. The number of nitrogens with zero attached hydrogens (tertiary/aromatic N) is 3. The van der Waals surface area contributed by atoms with Gasteiger partial charge in [0.2, 0.25) is 0 Å². The van der Waals surface area contributed by atoms with E-state index in [0.29, 0.717) is 6.29 Å². The van der Waals surface area contributed by atoms with Gasteiger partial charge in [-0.05, 0) is 35.0 Å². The zero-order valence-electron chi connectivity index (χ0n) is 11.4. The highest BCUT2D eigenvalue weighted by molar-refractivity contribution is 9.10. The van der Waals surface area contributed by atoms with Crippen molar-refractivity contribution in [2.24, 2.45) is 7.05 Å². The van der Waals surface area contributed by atoms with Gasteiger partial charge in [-0.2, -0.15) is 5.10 Å². The molecule has 2 aromatic rings. The van der Waals surface area contributed by atoms with E-state index in [0.717, 1.165) is 15.9 Å². The molecule has 0 radical (unpaired) electrons. The Labute approximate surface area is 128 Å². The average molecular weight is 354 g/mol. The largest absolute Gasteiger partial charge is 0.480 e. The molecular weight excluding hydrogens is 342 g/mol. The molecule has 0 spiro atoms. The van der Waals surface area contributed by atoms with Crippen LogP contribution in [0.25, 0.3) is 0 Å². The molecule has 21 heavy (non-hydrogen) atoms. The number of nitro benzene ring substituents is 1. The van der Waals surface area contributed by atoms with Crippen LogP contribution in [0.2, 0.25) is 0 Å². The van der Waals surface area contributed by atoms with E-state index in [-0.39, 0.29) is 23.6 Å². The predicted octanol–water partition coefficient (Wildman–Crippen LogP) is 2.79. The van der Waals surface area contributed by atoms with Gasteiger partial charge in [0.05, 0.1) is 20.8 Å². The number of carbonyl (C=O) groups is 1. The van der Waals surface area contributed by atoms with Crippen LogP contribution in [0.15, 0.2) is 22.7 Å². The Morgan fingerprint density at radius 2 is 2.24 bits per heavy atom. The maximum atomic E-state index is 11.0. The first kappa shape index (κ1) is 15.2. The highest BCUT2D eigenvalue weighted by Gasteiger charge is 2.18. The van der Waals surface area contributed by atoms with Crippen molar-refractivity contribution in [1.82, 2.24) is 9.78 Å². The number of hydrogen-bond donors (Lipinski definition) is 0. The third kappa shape index (κ3) is 3.10. The van der Waals surface area contributed by atoms with Crippen molar-refractivity contribution in [3.8, 4) is 5.75 Å². The SMILES string of the molecule is Cc1nn(C)c(COc2ccc(C=O)cc2[N+](=O)[O-])c1Br. The van der Waals surface area contributed by atoms with Crippen LogP contribution >= 0.6 is 15.9 Å². The Balaban J connectivity index is 2.27. The lowest BCUT2D eigenvalue weighted by atomic mass is 10.2. The standard InChI is InChI=1S/C13H12BrN3O4/c1-8-13(14)11(16(2)15-8)7-21-12-4-3-9(6-18)5-10(12)17(19)20/h3-6H,7H2,1-2H3. The molecule has 1 aromatic carbocycles. The molecule has 0 aliphatic heterocycles. The quantitative estimate of drug-likeness (QED) is 0.468. The van der Waals surface area contributed by atoms with Gasteiger partial charge in [-0.1, -0.05) is 0 Å². The predicted molar refractivity (Wildman–Crippen MR) is 78.5 cm³/mol. The molecule has 0 aliphatic rings. The molecule has 8 heteroatoms. The molecule has 7 nitrogen and oxygen atoms in total. The van der Waals surface area contributed by atoms with Gasteiger partial charge < -0.3 is 4.74 Å². The second-order valence-corrected chi connectivity index (χ2v) is 5.15. The first-order valence-electron chi connectivity index (χ1n) is 5.98. The van der Waals surface area contributed by atoms with Crippen LogP contribution in [0, 0.1) is 17.0 Å². The lowest BCUT2D eigenvalue weighted by molar-refractivity contribution is -0.386. The minimum atomic E-state index is -0.578. The van der Waals surface area contributed by atoms with Gasteiger partial charge in [-0.25, -0.2) is 0 Å². The van der Waals surface area contributed by atoms with E-state index in [9.17, 15) is 14.9 Å². The van der Waals surface area contributed by atoms with E-state index in [4.69, 9.17) is 4.74 Å². The maximum Gasteiger partial charge on any atom is 0.311 e. The first-order valence-corrected chi connectivity index (χ1v) is 6.77. The van der Waals surface area contributed by atoms with Gasteiger partial charge in [0.25, 0.3) is 0 Å². The molecule has 1 heterocycles. The Kier molecular flexibility index (Phi) is 4.37. The maximum absolute atomic E-state index is 11.0. The van der Waals surface area contributed by atoms with Crippen molar-refractivity contribution < 1.29 is 14.5 Å². The molecule has 2 rings (SSSR count). The van der Waals surface area contributed by atoms with E-state index in [1.54, 1.807) is 11.7 Å². The summed E-state index contributed by atoms with van der Waals surface area (Å²) in [6.45, 7) is 1.97. The van der Waals surface area contributed by atoms with E-state index in [1.165, 1.54) is 18.2 Å². The summed E-state index contributed by atoms with van der Waals surface area (Å²) in [5, 5.41) is 15.2. The molecule has 0 saturated carbocycles. The lowest BCUT2D eigenvalue weighted by Crippen LogP contribution is -2.05. The summed E-state index contributed by atoms with van der Waals surface area (Å²) in [4.78, 5) is 21.1. The molecule has 0 amide bonds. The Hall–Kier alpha value is -2.22. The summed E-state index contributed by atoms with van der Waals surface area (Å²) in [6.07, 6.45) is 0.553. The number of halogens is 1. The second-order valence-electron chi connectivity index (χ2n) is 4.36. The van der Waals surface area contributed by atoms with Gasteiger partial charge in [0, 0.05) is 18.7 Å². The average Bonchev–Trinajstić information content (AvgIpc) is 2.70. The van der Waals surface area contributed by atoms with Crippen molar-refractivity contribution in [1.29, 1.82) is 0 Å². The van der Waals surface area contributed by atoms with Gasteiger partial charge in [-0.15, -0.1) is 0 Å². The molecule has 0 unspecified atom stereocenters. The molecular formula is C13H12BrN3O4. The number of hydrogen-bond acceptors (Lipinski definition) is 5. The van der Waals surface area contributed by atoms with Crippen molar-refractivity contribution in [2.45, 2.75) is 13.5 Å². The van der Waals surface area contributed by atoms with Crippen LogP contribution in [0.4, 0.5) is 5.69 Å². The first-order chi connectivity index (χ1) is 9.93. The molecule has 0 N–H and O–H groups in total.